The van der Waals surface area contributed by atoms with E-state index in [1.165, 1.54) is 0 Å². The molecule has 1 aromatic rings. The summed E-state index contributed by atoms with van der Waals surface area (Å²) in [6, 6.07) is 8.79. The van der Waals surface area contributed by atoms with E-state index in [4.69, 9.17) is 0 Å². The van der Waals surface area contributed by atoms with Crippen LogP contribution in [0.4, 0.5) is 13.2 Å². The average Bonchev–Trinajstić information content (AvgIpc) is 3.37. The molecule has 0 heterocycles. The highest BCUT2D eigenvalue weighted by molar-refractivity contribution is 7.92. The molecule has 0 aliphatic heterocycles. The summed E-state index contributed by atoms with van der Waals surface area (Å²) >= 11 is 0. The van der Waals surface area contributed by atoms with Gasteiger partial charge in [-0.15, -0.1) is 0 Å². The van der Waals surface area contributed by atoms with Crippen molar-refractivity contribution in [1.82, 2.24) is 0 Å². The van der Waals surface area contributed by atoms with E-state index >= 15 is 0 Å². The van der Waals surface area contributed by atoms with Gasteiger partial charge in [0.15, 0.2) is 15.4 Å². The summed E-state index contributed by atoms with van der Waals surface area (Å²) in [5, 5.41) is 21.8. The number of sulfone groups is 1. The molecule has 46 heavy (non-hydrogen) atoms. The third kappa shape index (κ3) is 5.70. The van der Waals surface area contributed by atoms with Crippen LogP contribution in [-0.4, -0.2) is 41.3 Å². The van der Waals surface area contributed by atoms with Gasteiger partial charge in [0.05, 0.1) is 15.7 Å². The van der Waals surface area contributed by atoms with Gasteiger partial charge in [0.25, 0.3) is 0 Å². The lowest BCUT2D eigenvalue weighted by molar-refractivity contribution is -0.290. The van der Waals surface area contributed by atoms with Crippen molar-refractivity contribution in [1.29, 1.82) is 0 Å². The van der Waals surface area contributed by atoms with Gasteiger partial charge in [0, 0.05) is 0 Å². The number of rotatable bonds is 7. The first-order valence-electron chi connectivity index (χ1n) is 18.3. The van der Waals surface area contributed by atoms with Gasteiger partial charge < -0.3 is 10.2 Å². The first-order valence-corrected chi connectivity index (χ1v) is 19.8. The van der Waals surface area contributed by atoms with Gasteiger partial charge in [-0.1, -0.05) is 52.3 Å². The fourth-order valence-electron chi connectivity index (χ4n) is 12.2. The maximum absolute atomic E-state index is 14.5. The standard InChI is InChI=1S/C38H57F3O4S/c1-5-26-15-19-36(42,20-16-26)24-33(46(44,45)28-9-7-6-8-10-28)25(2)30-13-14-31-29-12-11-27-23-37(43,38(39,40)41)22-21-34(27,3)32(29)17-18-35(30,31)4/h6-10,25-27,29-33,42-43H,5,11-24H2,1-4H3/t25-,26?,27-,29-,30+,31-,32-,33?,34-,35+,36?,37-/m0/s1. The van der Waals surface area contributed by atoms with Gasteiger partial charge in [0.2, 0.25) is 0 Å². The lowest BCUT2D eigenvalue weighted by Crippen LogP contribution is -2.59. The van der Waals surface area contributed by atoms with Gasteiger partial charge in [-0.25, -0.2) is 8.42 Å². The second kappa shape index (κ2) is 12.0. The summed E-state index contributed by atoms with van der Waals surface area (Å²) in [4.78, 5) is 0.337. The van der Waals surface area contributed by atoms with Gasteiger partial charge in [-0.3, -0.25) is 0 Å². The van der Waals surface area contributed by atoms with Crippen molar-refractivity contribution >= 4 is 9.84 Å². The fourth-order valence-corrected chi connectivity index (χ4v) is 14.4. The van der Waals surface area contributed by atoms with E-state index in [1.54, 1.807) is 24.3 Å². The number of aliphatic hydroxyl groups is 2. The van der Waals surface area contributed by atoms with Crippen LogP contribution in [0.5, 0.6) is 0 Å². The number of fused-ring (bicyclic) bond motifs is 5. The van der Waals surface area contributed by atoms with Crippen LogP contribution < -0.4 is 0 Å². The molecule has 8 heteroatoms. The Kier molecular flexibility index (Phi) is 9.09. The SMILES string of the molecule is CCC1CCC(O)(CC([C@@H](C)[C@H]2CC[C@H]3[C@@H]4CC[C@H]5C[C@](O)(C(F)(F)F)CC[C@]5(C)[C@H]4CC[C@]23C)S(=O)(=O)c2ccccc2)CC1. The van der Waals surface area contributed by atoms with Gasteiger partial charge in [-0.05, 0) is 154 Å². The molecule has 0 radical (unpaired) electrons. The van der Waals surface area contributed by atoms with Crippen molar-refractivity contribution in [2.75, 3.05) is 0 Å². The zero-order valence-electron chi connectivity index (χ0n) is 28.4. The van der Waals surface area contributed by atoms with Gasteiger partial charge >= 0.3 is 6.18 Å². The zero-order chi connectivity index (χ0) is 33.3. The van der Waals surface area contributed by atoms with Crippen LogP contribution >= 0.6 is 0 Å². The summed E-state index contributed by atoms with van der Waals surface area (Å²) in [5.41, 5.74) is -3.79. The highest BCUT2D eigenvalue weighted by Crippen LogP contribution is 2.69. The van der Waals surface area contributed by atoms with Crippen LogP contribution in [0, 0.1) is 52.3 Å². The molecule has 4 nitrogen and oxygen atoms in total. The quantitative estimate of drug-likeness (QED) is 0.305. The molecular formula is C38H57F3O4S. The van der Waals surface area contributed by atoms with Crippen LogP contribution in [0.2, 0.25) is 0 Å². The molecule has 260 valence electrons. The Balaban J connectivity index is 1.25. The second-order valence-electron chi connectivity index (χ2n) is 17.2. The molecule has 0 saturated heterocycles. The predicted octanol–water partition coefficient (Wildman–Crippen LogP) is 9.14. The molecule has 6 rings (SSSR count). The molecule has 0 spiro atoms. The van der Waals surface area contributed by atoms with Crippen molar-refractivity contribution in [2.45, 2.75) is 152 Å². The third-order valence-corrected chi connectivity index (χ3v) is 17.5. The molecule has 0 amide bonds. The Morgan fingerprint density at radius 3 is 2.13 bits per heavy atom. The van der Waals surface area contributed by atoms with Crippen LogP contribution in [0.1, 0.15) is 124 Å². The minimum Gasteiger partial charge on any atom is -0.390 e. The first-order chi connectivity index (χ1) is 21.5. The van der Waals surface area contributed by atoms with Gasteiger partial charge in [-0.2, -0.15) is 13.2 Å². The number of hydrogen-bond donors (Lipinski definition) is 2. The molecule has 0 bridgehead atoms. The predicted molar refractivity (Wildman–Crippen MR) is 175 cm³/mol. The monoisotopic (exact) mass is 666 g/mol. The van der Waals surface area contributed by atoms with E-state index in [1.807, 2.05) is 6.07 Å². The van der Waals surface area contributed by atoms with Crippen molar-refractivity contribution < 1.29 is 31.8 Å². The van der Waals surface area contributed by atoms with E-state index in [9.17, 15) is 31.8 Å². The maximum Gasteiger partial charge on any atom is 0.417 e. The maximum atomic E-state index is 14.5. The summed E-state index contributed by atoms with van der Waals surface area (Å²) in [7, 11) is -3.71. The Morgan fingerprint density at radius 1 is 0.848 bits per heavy atom. The molecule has 10 atom stereocenters. The topological polar surface area (TPSA) is 74.6 Å². The van der Waals surface area contributed by atoms with Crippen molar-refractivity contribution in [3.8, 4) is 0 Å². The molecule has 5 aliphatic carbocycles. The van der Waals surface area contributed by atoms with E-state index in [-0.39, 0.29) is 47.8 Å². The van der Waals surface area contributed by atoms with E-state index in [0.717, 1.165) is 57.8 Å². The van der Waals surface area contributed by atoms with E-state index < -0.39 is 32.5 Å². The zero-order valence-corrected chi connectivity index (χ0v) is 29.2. The summed E-state index contributed by atoms with van der Waals surface area (Å²) in [6.07, 6.45) is 5.46. The number of alkyl halides is 3. The number of hydrogen-bond acceptors (Lipinski definition) is 4. The molecule has 5 fully saturated rings. The second-order valence-corrected chi connectivity index (χ2v) is 19.3. The van der Waals surface area contributed by atoms with Crippen molar-refractivity contribution in [2.24, 2.45) is 52.3 Å². The molecule has 2 N–H and O–H groups in total. The Hall–Kier alpha value is -1.12. The Morgan fingerprint density at radius 2 is 1.50 bits per heavy atom. The fraction of sp³-hybridized carbons (Fsp3) is 0.842. The average molecular weight is 667 g/mol. The van der Waals surface area contributed by atoms with Crippen molar-refractivity contribution in [3.63, 3.8) is 0 Å². The largest absolute Gasteiger partial charge is 0.417 e. The summed E-state index contributed by atoms with van der Waals surface area (Å²) < 4.78 is 70.5. The highest BCUT2D eigenvalue weighted by atomic mass is 32.2. The van der Waals surface area contributed by atoms with Crippen LogP contribution in [0.3, 0.4) is 0 Å². The van der Waals surface area contributed by atoms with Crippen molar-refractivity contribution in [3.05, 3.63) is 30.3 Å². The van der Waals surface area contributed by atoms with E-state index in [2.05, 4.69) is 27.7 Å². The molecular weight excluding hydrogens is 609 g/mol. The number of benzene rings is 1. The minimum absolute atomic E-state index is 0.0436. The van der Waals surface area contributed by atoms with Crippen LogP contribution in [0.15, 0.2) is 35.2 Å². The lowest BCUT2D eigenvalue weighted by Gasteiger charge is -2.62. The molecule has 1 unspecified atom stereocenters. The first kappa shape index (κ1) is 34.7. The van der Waals surface area contributed by atoms with Crippen LogP contribution in [0.25, 0.3) is 0 Å². The summed E-state index contributed by atoms with van der Waals surface area (Å²) in [6.45, 7) is 8.91. The Labute approximate surface area is 275 Å². The molecule has 5 aliphatic rings. The van der Waals surface area contributed by atoms with Gasteiger partial charge in [0.1, 0.15) is 0 Å². The molecule has 5 saturated carbocycles. The third-order valence-electron chi connectivity index (χ3n) is 15.2. The lowest BCUT2D eigenvalue weighted by atomic mass is 9.43. The van der Waals surface area contributed by atoms with E-state index in [0.29, 0.717) is 47.8 Å². The number of halogens is 3. The normalized spacial score (nSPS) is 44.5. The van der Waals surface area contributed by atoms with Crippen LogP contribution in [-0.2, 0) is 9.84 Å². The molecule has 1 aromatic carbocycles. The summed E-state index contributed by atoms with van der Waals surface area (Å²) in [5.74, 6) is 1.72. The minimum atomic E-state index is -4.59. The molecule has 0 aromatic heterocycles. The highest BCUT2D eigenvalue weighted by Gasteiger charge is 2.65. The smallest absolute Gasteiger partial charge is 0.390 e. The Bertz CT molecular complexity index is 1340.